The van der Waals surface area contributed by atoms with Crippen molar-refractivity contribution in [2.45, 2.75) is 25.3 Å². The number of para-hydroxylation sites is 2. The molecule has 4 aromatic carbocycles. The third-order valence-electron chi connectivity index (χ3n) is 8.77. The molecule has 0 atom stereocenters. The number of piperidine rings is 1. The fourth-order valence-electron chi connectivity index (χ4n) is 6.47. The van der Waals surface area contributed by atoms with E-state index in [1.165, 1.54) is 5.56 Å². The first-order valence-electron chi connectivity index (χ1n) is 14.9. The van der Waals surface area contributed by atoms with E-state index in [1.54, 1.807) is 6.33 Å². The number of H-pyrrole nitrogens is 2. The molecule has 1 aliphatic rings. The van der Waals surface area contributed by atoms with E-state index in [-0.39, 0.29) is 11.7 Å². The van der Waals surface area contributed by atoms with E-state index >= 15 is 0 Å². The normalized spacial score (nSPS) is 14.7. The van der Waals surface area contributed by atoms with Gasteiger partial charge < -0.3 is 14.9 Å². The average molecular weight is 566 g/mol. The topological polar surface area (TPSA) is 95.5 Å². The summed E-state index contributed by atoms with van der Waals surface area (Å²) in [4.78, 5) is 35.7. The molecule has 8 rings (SSSR count). The number of likely N-dealkylation sites (tertiary alicyclic amines) is 1. The van der Waals surface area contributed by atoms with Crippen molar-refractivity contribution in [1.29, 1.82) is 0 Å². The van der Waals surface area contributed by atoms with Crippen LogP contribution >= 0.6 is 0 Å². The Balaban J connectivity index is 0.995. The van der Waals surface area contributed by atoms with Crippen molar-refractivity contribution in [3.63, 3.8) is 0 Å². The number of hydrogen-bond donors (Lipinski definition) is 2. The van der Waals surface area contributed by atoms with Crippen LogP contribution in [-0.4, -0.2) is 54.0 Å². The van der Waals surface area contributed by atoms with Crippen LogP contribution in [0.5, 0.6) is 0 Å². The third kappa shape index (κ3) is 4.79. The monoisotopic (exact) mass is 565 g/mol. The Bertz CT molecular complexity index is 2120. The summed E-state index contributed by atoms with van der Waals surface area (Å²) in [5, 5.41) is 0. The van der Waals surface area contributed by atoms with E-state index in [9.17, 15) is 4.79 Å². The molecule has 8 nitrogen and oxygen atoms in total. The average Bonchev–Trinajstić information content (AvgIpc) is 3.65. The Morgan fingerprint density at radius 1 is 0.744 bits per heavy atom. The molecular weight excluding hydrogens is 534 g/mol. The van der Waals surface area contributed by atoms with E-state index in [2.05, 4.69) is 61.2 Å². The zero-order valence-electron chi connectivity index (χ0n) is 23.7. The first-order valence-corrected chi connectivity index (χ1v) is 14.9. The van der Waals surface area contributed by atoms with Crippen molar-refractivity contribution < 1.29 is 0 Å². The summed E-state index contributed by atoms with van der Waals surface area (Å²) < 4.78 is 1.96. The zero-order chi connectivity index (χ0) is 28.8. The molecule has 0 radical (unpaired) electrons. The van der Waals surface area contributed by atoms with Crippen molar-refractivity contribution in [3.8, 4) is 22.5 Å². The molecule has 0 amide bonds. The van der Waals surface area contributed by atoms with Crippen LogP contribution in [-0.2, 0) is 6.42 Å². The van der Waals surface area contributed by atoms with E-state index in [4.69, 9.17) is 4.98 Å². The van der Waals surface area contributed by atoms with Gasteiger partial charge in [0.25, 0.3) is 0 Å². The summed E-state index contributed by atoms with van der Waals surface area (Å²) in [5.41, 5.74) is 10.8. The molecule has 1 fully saturated rings. The highest BCUT2D eigenvalue weighted by molar-refractivity contribution is 5.94. The van der Waals surface area contributed by atoms with Crippen molar-refractivity contribution in [2.75, 3.05) is 19.6 Å². The minimum Gasteiger partial charge on any atom is -0.351 e. The highest BCUT2D eigenvalue weighted by atomic mass is 16.1. The van der Waals surface area contributed by atoms with Gasteiger partial charge in [-0.3, -0.25) is 4.57 Å². The Hall–Kier alpha value is -5.08. The van der Waals surface area contributed by atoms with Crippen LogP contribution in [0.3, 0.4) is 0 Å². The predicted molar refractivity (Wildman–Crippen MR) is 171 cm³/mol. The third-order valence-corrected chi connectivity index (χ3v) is 8.77. The summed E-state index contributed by atoms with van der Waals surface area (Å²) in [6.45, 7) is 2.99. The zero-order valence-corrected chi connectivity index (χ0v) is 23.7. The molecule has 3 aromatic heterocycles. The maximum atomic E-state index is 12.6. The van der Waals surface area contributed by atoms with E-state index in [0.717, 1.165) is 94.5 Å². The Labute approximate surface area is 248 Å². The molecule has 43 heavy (non-hydrogen) atoms. The van der Waals surface area contributed by atoms with Gasteiger partial charge in [-0.15, -0.1) is 0 Å². The molecule has 0 aliphatic carbocycles. The number of rotatable bonds is 6. The summed E-state index contributed by atoms with van der Waals surface area (Å²) >= 11 is 0. The lowest BCUT2D eigenvalue weighted by Crippen LogP contribution is -2.37. The van der Waals surface area contributed by atoms with Crippen LogP contribution < -0.4 is 5.69 Å². The molecule has 212 valence electrons. The number of aromatic nitrogens is 6. The lowest BCUT2D eigenvalue weighted by Gasteiger charge is -2.32. The van der Waals surface area contributed by atoms with E-state index < -0.39 is 0 Å². The summed E-state index contributed by atoms with van der Waals surface area (Å²) in [5.74, 6) is 0. The molecule has 2 N–H and O–H groups in total. The Kier molecular flexibility index (Phi) is 6.34. The fraction of sp³-hybridized carbons (Fsp3) is 0.200. The van der Waals surface area contributed by atoms with Gasteiger partial charge in [0, 0.05) is 36.8 Å². The molecular formula is C35H31N7O. The highest BCUT2D eigenvalue weighted by Gasteiger charge is 2.23. The van der Waals surface area contributed by atoms with Crippen molar-refractivity contribution in [3.05, 3.63) is 113 Å². The number of fused-ring (bicyclic) bond motifs is 3. The number of aromatic amines is 2. The lowest BCUT2D eigenvalue weighted by atomic mass is 10.0. The van der Waals surface area contributed by atoms with Crippen LogP contribution in [0.4, 0.5) is 0 Å². The minimum atomic E-state index is 0.00180. The van der Waals surface area contributed by atoms with Crippen molar-refractivity contribution in [1.82, 2.24) is 34.4 Å². The maximum absolute atomic E-state index is 12.6. The quantitative estimate of drug-likeness (QED) is 0.245. The van der Waals surface area contributed by atoms with Gasteiger partial charge in [-0.05, 0) is 49.1 Å². The van der Waals surface area contributed by atoms with Gasteiger partial charge in [-0.25, -0.2) is 19.7 Å². The van der Waals surface area contributed by atoms with E-state index in [1.807, 2.05) is 59.2 Å². The first kappa shape index (κ1) is 25.6. The molecule has 0 spiro atoms. The van der Waals surface area contributed by atoms with Crippen molar-refractivity contribution >= 4 is 33.1 Å². The predicted octanol–water partition coefficient (Wildman–Crippen LogP) is 6.36. The second-order valence-corrected chi connectivity index (χ2v) is 11.4. The number of imidazole rings is 2. The lowest BCUT2D eigenvalue weighted by molar-refractivity contribution is 0.188. The SMILES string of the molecule is O=c1[nH]c2ccccc2n1C1CCN(CCc2ccc(-c3[nH]c4cc5ncnc5cc4nc3-c3ccccc3)cc2)CC1. The van der Waals surface area contributed by atoms with Crippen LogP contribution in [0.15, 0.2) is 102 Å². The molecule has 4 heterocycles. The molecule has 1 saturated heterocycles. The first-order chi connectivity index (χ1) is 21.2. The Morgan fingerprint density at radius 3 is 2.30 bits per heavy atom. The van der Waals surface area contributed by atoms with Crippen molar-refractivity contribution in [2.24, 2.45) is 0 Å². The van der Waals surface area contributed by atoms with Crippen LogP contribution in [0.2, 0.25) is 0 Å². The summed E-state index contributed by atoms with van der Waals surface area (Å²) in [6.07, 6.45) is 4.54. The van der Waals surface area contributed by atoms with Crippen LogP contribution in [0, 0.1) is 0 Å². The second-order valence-electron chi connectivity index (χ2n) is 11.4. The second kappa shape index (κ2) is 10.6. The number of benzene rings is 4. The summed E-state index contributed by atoms with van der Waals surface area (Å²) in [6, 6.07) is 31.4. The number of nitrogens with zero attached hydrogens (tertiary/aromatic N) is 5. The molecule has 0 saturated carbocycles. The standard InChI is InChI=1S/C35H31N7O/c43-35-40-27-8-4-5-9-32(27)42(35)26-15-18-41(19-16-26)17-14-23-10-12-25(13-11-23)34-33(24-6-2-1-3-7-24)38-30-20-28-29(37-22-36-28)21-31(30)39-34/h1-13,20-22,26,39H,14-19H2,(H,40,43). The molecule has 1 aliphatic heterocycles. The van der Waals surface area contributed by atoms with Gasteiger partial charge in [0.15, 0.2) is 0 Å². The van der Waals surface area contributed by atoms with E-state index in [0.29, 0.717) is 0 Å². The fourth-order valence-corrected chi connectivity index (χ4v) is 6.47. The van der Waals surface area contributed by atoms with Crippen LogP contribution in [0.25, 0.3) is 55.6 Å². The molecule has 8 heteroatoms. The maximum Gasteiger partial charge on any atom is 0.326 e. The van der Waals surface area contributed by atoms with Gasteiger partial charge in [-0.1, -0.05) is 66.7 Å². The molecule has 0 unspecified atom stereocenters. The summed E-state index contributed by atoms with van der Waals surface area (Å²) in [7, 11) is 0. The molecule has 7 aromatic rings. The van der Waals surface area contributed by atoms with Gasteiger partial charge in [0.2, 0.25) is 0 Å². The number of nitrogens with one attached hydrogen (secondary N) is 2. The Morgan fingerprint density at radius 2 is 1.49 bits per heavy atom. The van der Waals surface area contributed by atoms with Gasteiger partial charge >= 0.3 is 5.69 Å². The number of hydrogen-bond acceptors (Lipinski definition) is 5. The van der Waals surface area contributed by atoms with Gasteiger partial charge in [0.05, 0.1) is 44.5 Å². The van der Waals surface area contributed by atoms with Gasteiger partial charge in [-0.2, -0.15) is 0 Å². The largest absolute Gasteiger partial charge is 0.351 e. The molecule has 0 bridgehead atoms. The minimum absolute atomic E-state index is 0.00180. The van der Waals surface area contributed by atoms with Crippen LogP contribution in [0.1, 0.15) is 24.4 Å². The van der Waals surface area contributed by atoms with Gasteiger partial charge in [0.1, 0.15) is 6.33 Å². The smallest absolute Gasteiger partial charge is 0.326 e. The highest BCUT2D eigenvalue weighted by Crippen LogP contribution is 2.32.